The van der Waals surface area contributed by atoms with Crippen molar-refractivity contribution >= 4 is 22.9 Å². The van der Waals surface area contributed by atoms with E-state index in [9.17, 15) is 4.79 Å². The van der Waals surface area contributed by atoms with Crippen molar-refractivity contribution < 1.29 is 14.1 Å². The molecule has 0 saturated heterocycles. The third-order valence-corrected chi connectivity index (χ3v) is 3.01. The van der Waals surface area contributed by atoms with Crippen LogP contribution in [-0.2, 0) is 4.74 Å². The predicted octanol–water partition coefficient (Wildman–Crippen LogP) is 1.95. The maximum Gasteiger partial charge on any atom is 0.376 e. The number of ether oxygens (including phenoxy) is 1. The van der Waals surface area contributed by atoms with Gasteiger partial charge in [-0.1, -0.05) is 5.16 Å². The number of aromatic nitrogens is 3. The largest absolute Gasteiger partial charge is 0.460 e. The molecule has 2 heterocycles. The van der Waals surface area contributed by atoms with E-state index in [0.29, 0.717) is 17.2 Å². The Hall–Kier alpha value is -2.18. The molecular formula is C13H18N4O3. The zero-order chi connectivity index (χ0) is 14.7. The fraction of sp³-hybridized carbons (Fsp3) is 0.538. The van der Waals surface area contributed by atoms with Crippen LogP contribution in [0.2, 0.25) is 0 Å². The van der Waals surface area contributed by atoms with E-state index in [1.54, 1.807) is 6.92 Å². The van der Waals surface area contributed by atoms with Gasteiger partial charge in [0.15, 0.2) is 0 Å². The third-order valence-electron chi connectivity index (χ3n) is 3.01. The van der Waals surface area contributed by atoms with Crippen molar-refractivity contribution in [2.24, 2.45) is 0 Å². The van der Waals surface area contributed by atoms with Crippen molar-refractivity contribution in [2.45, 2.75) is 27.7 Å². The molecule has 0 atom stereocenters. The summed E-state index contributed by atoms with van der Waals surface area (Å²) in [4.78, 5) is 22.3. The van der Waals surface area contributed by atoms with Crippen LogP contribution in [0.25, 0.3) is 11.1 Å². The van der Waals surface area contributed by atoms with Gasteiger partial charge in [-0.2, -0.15) is 4.98 Å². The van der Waals surface area contributed by atoms with Gasteiger partial charge in [0, 0.05) is 13.1 Å². The van der Waals surface area contributed by atoms with Gasteiger partial charge in [0.25, 0.3) is 5.71 Å². The molecule has 108 valence electrons. The summed E-state index contributed by atoms with van der Waals surface area (Å²) in [5.41, 5.74) is 1.01. The molecule has 0 spiro atoms. The van der Waals surface area contributed by atoms with E-state index < -0.39 is 5.97 Å². The highest BCUT2D eigenvalue weighted by Gasteiger charge is 2.21. The Kier molecular flexibility index (Phi) is 4.16. The van der Waals surface area contributed by atoms with Gasteiger partial charge in [0.2, 0.25) is 5.82 Å². The molecule has 0 amide bonds. The number of rotatable bonds is 5. The lowest BCUT2D eigenvalue weighted by atomic mass is 10.2. The number of carbonyl (C=O) groups excluding carboxylic acids is 1. The van der Waals surface area contributed by atoms with Gasteiger partial charge in [-0.05, 0) is 27.7 Å². The number of esters is 1. The molecule has 7 nitrogen and oxygen atoms in total. The number of fused-ring (bicyclic) bond motifs is 1. The zero-order valence-corrected chi connectivity index (χ0v) is 12.1. The van der Waals surface area contributed by atoms with Crippen molar-refractivity contribution in [1.29, 1.82) is 0 Å². The number of carbonyl (C=O) groups is 1. The summed E-state index contributed by atoms with van der Waals surface area (Å²) in [6.45, 7) is 9.39. The molecule has 0 radical (unpaired) electrons. The minimum absolute atomic E-state index is 0.00241. The van der Waals surface area contributed by atoms with E-state index >= 15 is 0 Å². The second-order valence-corrected chi connectivity index (χ2v) is 4.21. The number of nitrogens with zero attached hydrogens (tertiary/aromatic N) is 4. The first-order chi connectivity index (χ1) is 9.62. The number of hydrogen-bond acceptors (Lipinski definition) is 7. The fourth-order valence-corrected chi connectivity index (χ4v) is 2.01. The first kappa shape index (κ1) is 14.2. The van der Waals surface area contributed by atoms with E-state index in [4.69, 9.17) is 9.26 Å². The van der Waals surface area contributed by atoms with Crippen molar-refractivity contribution in [3.05, 3.63) is 11.5 Å². The van der Waals surface area contributed by atoms with Gasteiger partial charge in [-0.3, -0.25) is 0 Å². The van der Waals surface area contributed by atoms with Crippen molar-refractivity contribution in [2.75, 3.05) is 24.6 Å². The van der Waals surface area contributed by atoms with E-state index in [2.05, 4.69) is 15.1 Å². The maximum absolute atomic E-state index is 11.8. The second kappa shape index (κ2) is 5.85. The third kappa shape index (κ3) is 2.43. The minimum atomic E-state index is -0.558. The van der Waals surface area contributed by atoms with Gasteiger partial charge in [-0.15, -0.1) is 0 Å². The summed E-state index contributed by atoms with van der Waals surface area (Å²) in [6.07, 6.45) is 0. The lowest BCUT2D eigenvalue weighted by Crippen LogP contribution is -2.24. The van der Waals surface area contributed by atoms with E-state index in [0.717, 1.165) is 18.5 Å². The highest BCUT2D eigenvalue weighted by atomic mass is 16.5. The van der Waals surface area contributed by atoms with Crippen LogP contribution >= 0.6 is 0 Å². The summed E-state index contributed by atoms with van der Waals surface area (Å²) in [7, 11) is 0. The molecule has 0 fully saturated rings. The normalized spacial score (nSPS) is 10.8. The number of anilines is 1. The SMILES string of the molecule is CCOC(=O)c1nc(N(CC)CC)c2c(C)noc2n1. The molecule has 20 heavy (non-hydrogen) atoms. The number of hydrogen-bond donors (Lipinski definition) is 0. The monoisotopic (exact) mass is 278 g/mol. The van der Waals surface area contributed by atoms with Crippen molar-refractivity contribution in [3.8, 4) is 0 Å². The molecule has 2 aromatic heterocycles. The molecule has 7 heteroatoms. The average Bonchev–Trinajstić information content (AvgIpc) is 2.82. The van der Waals surface area contributed by atoms with E-state index in [1.165, 1.54) is 0 Å². The molecule has 0 aliphatic rings. The van der Waals surface area contributed by atoms with Crippen LogP contribution in [0.3, 0.4) is 0 Å². The Bertz CT molecular complexity index is 619. The highest BCUT2D eigenvalue weighted by Crippen LogP contribution is 2.26. The summed E-state index contributed by atoms with van der Waals surface area (Å²) in [5, 5.41) is 4.64. The Morgan fingerprint density at radius 1 is 1.25 bits per heavy atom. The highest BCUT2D eigenvalue weighted by molar-refractivity contribution is 5.93. The minimum Gasteiger partial charge on any atom is -0.460 e. The molecule has 0 N–H and O–H groups in total. The summed E-state index contributed by atoms with van der Waals surface area (Å²) >= 11 is 0. The Morgan fingerprint density at radius 2 is 1.95 bits per heavy atom. The molecule has 2 rings (SSSR count). The van der Waals surface area contributed by atoms with Crippen LogP contribution in [0.1, 0.15) is 37.1 Å². The first-order valence-electron chi connectivity index (χ1n) is 6.68. The van der Waals surface area contributed by atoms with Crippen LogP contribution in [0.4, 0.5) is 5.82 Å². The molecule has 0 bridgehead atoms. The van der Waals surface area contributed by atoms with Gasteiger partial charge < -0.3 is 14.2 Å². The van der Waals surface area contributed by atoms with Gasteiger partial charge in [0.05, 0.1) is 12.3 Å². The second-order valence-electron chi connectivity index (χ2n) is 4.21. The lowest BCUT2D eigenvalue weighted by Gasteiger charge is -2.20. The van der Waals surface area contributed by atoms with Crippen LogP contribution in [0.15, 0.2) is 4.52 Å². The summed E-state index contributed by atoms with van der Waals surface area (Å²) in [5.74, 6) is 0.0936. The topological polar surface area (TPSA) is 81.4 Å². The quantitative estimate of drug-likeness (QED) is 0.773. The first-order valence-corrected chi connectivity index (χ1v) is 6.68. The van der Waals surface area contributed by atoms with E-state index in [-0.39, 0.29) is 12.4 Å². The Balaban J connectivity index is 2.61. The zero-order valence-electron chi connectivity index (χ0n) is 12.1. The fourth-order valence-electron chi connectivity index (χ4n) is 2.01. The Labute approximate surface area is 116 Å². The molecule has 0 aliphatic carbocycles. The lowest BCUT2D eigenvalue weighted by molar-refractivity contribution is 0.0512. The van der Waals surface area contributed by atoms with Crippen LogP contribution in [-0.4, -0.2) is 40.8 Å². The predicted molar refractivity (Wildman–Crippen MR) is 73.9 cm³/mol. The summed E-state index contributed by atoms with van der Waals surface area (Å²) in [6, 6.07) is 0. The van der Waals surface area contributed by atoms with E-state index in [1.807, 2.05) is 25.7 Å². The smallest absolute Gasteiger partial charge is 0.376 e. The van der Waals surface area contributed by atoms with Gasteiger partial charge >= 0.3 is 5.97 Å². The molecule has 0 saturated carbocycles. The molecule has 0 aliphatic heterocycles. The molecule has 2 aromatic rings. The molecular weight excluding hydrogens is 260 g/mol. The molecule has 0 unspecified atom stereocenters. The van der Waals surface area contributed by atoms with Crippen LogP contribution < -0.4 is 4.90 Å². The Morgan fingerprint density at radius 3 is 2.55 bits per heavy atom. The van der Waals surface area contributed by atoms with Gasteiger partial charge in [0.1, 0.15) is 11.2 Å². The molecule has 0 aromatic carbocycles. The van der Waals surface area contributed by atoms with Crippen LogP contribution in [0.5, 0.6) is 0 Å². The van der Waals surface area contributed by atoms with Crippen LogP contribution in [0, 0.1) is 6.92 Å². The van der Waals surface area contributed by atoms with Crippen molar-refractivity contribution in [3.63, 3.8) is 0 Å². The van der Waals surface area contributed by atoms with Gasteiger partial charge in [-0.25, -0.2) is 9.78 Å². The average molecular weight is 278 g/mol. The number of aryl methyl sites for hydroxylation is 1. The maximum atomic E-state index is 11.8. The van der Waals surface area contributed by atoms with Crippen molar-refractivity contribution in [1.82, 2.24) is 15.1 Å². The standard InChI is InChI=1S/C13H18N4O3/c1-5-17(6-2)11-9-8(4)16-20-12(9)15-10(14-11)13(18)19-7-3/h5-7H2,1-4H3. The summed E-state index contributed by atoms with van der Waals surface area (Å²) < 4.78 is 10.1.